The predicted molar refractivity (Wildman–Crippen MR) is 63.9 cm³/mol. The monoisotopic (exact) mass is 232 g/mol. The Balaban J connectivity index is 1.67. The van der Waals surface area contributed by atoms with Crippen molar-refractivity contribution in [3.63, 3.8) is 0 Å². The quantitative estimate of drug-likeness (QED) is 0.797. The van der Waals surface area contributed by atoms with Gasteiger partial charge in [0, 0.05) is 19.6 Å². The Kier molecular flexibility index (Phi) is 2.73. The van der Waals surface area contributed by atoms with Crippen LogP contribution in [0.25, 0.3) is 0 Å². The highest BCUT2D eigenvalue weighted by atomic mass is 16.6. The lowest BCUT2D eigenvalue weighted by Gasteiger charge is -2.22. The second-order valence-corrected chi connectivity index (χ2v) is 4.65. The molecule has 0 radical (unpaired) electrons. The first-order chi connectivity index (χ1) is 8.34. The first-order valence-electron chi connectivity index (χ1n) is 6.09. The average molecular weight is 232 g/mol. The first-order valence-corrected chi connectivity index (χ1v) is 6.09. The summed E-state index contributed by atoms with van der Waals surface area (Å²) in [5.41, 5.74) is 0. The number of hydrogen-bond donors (Lipinski definition) is 1. The van der Waals surface area contributed by atoms with Gasteiger partial charge in [-0.05, 0) is 24.5 Å². The third-order valence-corrected chi connectivity index (χ3v) is 3.63. The molecule has 0 unspecified atom stereocenters. The Labute approximate surface area is 101 Å². The number of carbonyl (C=O) groups is 1. The maximum atomic E-state index is 12.0. The molecule has 2 aliphatic heterocycles. The summed E-state index contributed by atoms with van der Waals surface area (Å²) in [5.74, 6) is 1.23. The van der Waals surface area contributed by atoms with Crippen LogP contribution in [0.15, 0.2) is 30.3 Å². The van der Waals surface area contributed by atoms with Crippen LogP contribution in [0, 0.1) is 5.92 Å². The Morgan fingerprint density at radius 2 is 2.12 bits per heavy atom. The highest BCUT2D eigenvalue weighted by molar-refractivity contribution is 5.71. The molecule has 2 atom stereocenters. The summed E-state index contributed by atoms with van der Waals surface area (Å²) in [5, 5.41) is 3.32. The van der Waals surface area contributed by atoms with Crippen molar-refractivity contribution in [2.45, 2.75) is 12.5 Å². The molecule has 0 saturated carbocycles. The molecule has 2 saturated heterocycles. The number of likely N-dealkylation sites (tertiary alicyclic amines) is 1. The molecule has 2 fully saturated rings. The van der Waals surface area contributed by atoms with Crippen molar-refractivity contribution in [2.75, 3.05) is 19.6 Å². The standard InChI is InChI=1S/C13H16N2O2/c16-13(17-11-4-2-1-3-5-11)15-7-6-10-8-14-9-12(10)15/h1-5,10,12,14H,6-9H2/t10-,12+/m1/s1. The molecule has 17 heavy (non-hydrogen) atoms. The van der Waals surface area contributed by atoms with E-state index in [2.05, 4.69) is 5.32 Å². The third kappa shape index (κ3) is 2.00. The van der Waals surface area contributed by atoms with Crippen molar-refractivity contribution in [1.29, 1.82) is 0 Å². The SMILES string of the molecule is O=C(Oc1ccccc1)N1CC[C@@H]2CNC[C@@H]21. The third-order valence-electron chi connectivity index (χ3n) is 3.63. The number of nitrogens with zero attached hydrogens (tertiary/aromatic N) is 1. The van der Waals surface area contributed by atoms with E-state index >= 15 is 0 Å². The summed E-state index contributed by atoms with van der Waals surface area (Å²) >= 11 is 0. The molecule has 0 aliphatic carbocycles. The maximum absolute atomic E-state index is 12.0. The van der Waals surface area contributed by atoms with E-state index < -0.39 is 0 Å². The van der Waals surface area contributed by atoms with E-state index in [4.69, 9.17) is 4.74 Å². The van der Waals surface area contributed by atoms with Crippen LogP contribution in [0.2, 0.25) is 0 Å². The summed E-state index contributed by atoms with van der Waals surface area (Å²) < 4.78 is 5.37. The number of ether oxygens (including phenoxy) is 1. The largest absolute Gasteiger partial charge is 0.415 e. The van der Waals surface area contributed by atoms with E-state index in [1.54, 1.807) is 12.1 Å². The molecule has 3 rings (SSSR count). The van der Waals surface area contributed by atoms with E-state index in [0.29, 0.717) is 17.7 Å². The predicted octanol–water partition coefficient (Wildman–Crippen LogP) is 1.48. The Morgan fingerprint density at radius 1 is 1.29 bits per heavy atom. The Bertz CT molecular complexity index is 407. The van der Waals surface area contributed by atoms with Gasteiger partial charge in [-0.1, -0.05) is 18.2 Å². The smallest absolute Gasteiger partial charge is 0.410 e. The lowest BCUT2D eigenvalue weighted by molar-refractivity contribution is 0.147. The van der Waals surface area contributed by atoms with Crippen molar-refractivity contribution in [1.82, 2.24) is 10.2 Å². The van der Waals surface area contributed by atoms with Gasteiger partial charge in [0.25, 0.3) is 0 Å². The molecular formula is C13H16N2O2. The summed E-state index contributed by atoms with van der Waals surface area (Å²) in [4.78, 5) is 13.9. The molecular weight excluding hydrogens is 216 g/mol. The van der Waals surface area contributed by atoms with Gasteiger partial charge in [-0.3, -0.25) is 0 Å². The lowest BCUT2D eigenvalue weighted by atomic mass is 10.1. The molecule has 0 bridgehead atoms. The lowest BCUT2D eigenvalue weighted by Crippen LogP contribution is -2.40. The highest BCUT2D eigenvalue weighted by Gasteiger charge is 2.40. The number of para-hydroxylation sites is 1. The van der Waals surface area contributed by atoms with Crippen molar-refractivity contribution in [3.05, 3.63) is 30.3 Å². The van der Waals surface area contributed by atoms with Gasteiger partial charge in [0.05, 0.1) is 6.04 Å². The Hall–Kier alpha value is -1.55. The van der Waals surface area contributed by atoms with E-state index in [-0.39, 0.29) is 6.09 Å². The molecule has 1 amide bonds. The zero-order valence-corrected chi connectivity index (χ0v) is 9.63. The minimum Gasteiger partial charge on any atom is -0.410 e. The maximum Gasteiger partial charge on any atom is 0.415 e. The fraction of sp³-hybridized carbons (Fsp3) is 0.462. The van der Waals surface area contributed by atoms with Crippen LogP contribution in [0.4, 0.5) is 4.79 Å². The molecule has 2 aliphatic rings. The van der Waals surface area contributed by atoms with E-state index in [9.17, 15) is 4.79 Å². The number of benzene rings is 1. The minimum atomic E-state index is -0.215. The zero-order valence-electron chi connectivity index (χ0n) is 9.63. The van der Waals surface area contributed by atoms with E-state index in [1.165, 1.54) is 0 Å². The molecule has 0 spiro atoms. The van der Waals surface area contributed by atoms with Gasteiger partial charge in [0.1, 0.15) is 5.75 Å². The van der Waals surface area contributed by atoms with Gasteiger partial charge in [-0.25, -0.2) is 4.79 Å². The van der Waals surface area contributed by atoms with E-state index in [0.717, 1.165) is 26.1 Å². The van der Waals surface area contributed by atoms with Gasteiger partial charge in [-0.2, -0.15) is 0 Å². The van der Waals surface area contributed by atoms with E-state index in [1.807, 2.05) is 23.1 Å². The molecule has 0 aromatic heterocycles. The molecule has 2 heterocycles. The topological polar surface area (TPSA) is 41.6 Å². The van der Waals surface area contributed by atoms with Crippen LogP contribution in [-0.2, 0) is 0 Å². The van der Waals surface area contributed by atoms with Crippen LogP contribution in [0.1, 0.15) is 6.42 Å². The molecule has 4 heteroatoms. The number of nitrogens with one attached hydrogen (secondary N) is 1. The zero-order chi connectivity index (χ0) is 11.7. The molecule has 1 aromatic rings. The number of amides is 1. The second kappa shape index (κ2) is 4.37. The number of rotatable bonds is 1. The minimum absolute atomic E-state index is 0.215. The summed E-state index contributed by atoms with van der Waals surface area (Å²) in [6.07, 6.45) is 0.870. The van der Waals surface area contributed by atoms with Crippen molar-refractivity contribution in [2.24, 2.45) is 5.92 Å². The van der Waals surface area contributed by atoms with Crippen LogP contribution >= 0.6 is 0 Å². The van der Waals surface area contributed by atoms with Crippen LogP contribution < -0.4 is 10.1 Å². The number of hydrogen-bond acceptors (Lipinski definition) is 3. The van der Waals surface area contributed by atoms with Gasteiger partial charge >= 0.3 is 6.09 Å². The van der Waals surface area contributed by atoms with Gasteiger partial charge < -0.3 is 15.0 Å². The fourth-order valence-electron chi connectivity index (χ4n) is 2.72. The second-order valence-electron chi connectivity index (χ2n) is 4.65. The fourth-order valence-corrected chi connectivity index (χ4v) is 2.72. The highest BCUT2D eigenvalue weighted by Crippen LogP contribution is 2.27. The first kappa shape index (κ1) is 10.6. The van der Waals surface area contributed by atoms with Crippen LogP contribution in [0.3, 0.4) is 0 Å². The average Bonchev–Trinajstić information content (AvgIpc) is 2.91. The summed E-state index contributed by atoms with van der Waals surface area (Å²) in [6.45, 7) is 2.75. The van der Waals surface area contributed by atoms with Crippen LogP contribution in [-0.4, -0.2) is 36.7 Å². The molecule has 90 valence electrons. The summed E-state index contributed by atoms with van der Waals surface area (Å²) in [7, 11) is 0. The molecule has 1 N–H and O–H groups in total. The van der Waals surface area contributed by atoms with Gasteiger partial charge in [0.15, 0.2) is 0 Å². The number of fused-ring (bicyclic) bond motifs is 1. The van der Waals surface area contributed by atoms with Crippen LogP contribution in [0.5, 0.6) is 5.75 Å². The van der Waals surface area contributed by atoms with Gasteiger partial charge in [-0.15, -0.1) is 0 Å². The van der Waals surface area contributed by atoms with Crippen molar-refractivity contribution >= 4 is 6.09 Å². The van der Waals surface area contributed by atoms with Gasteiger partial charge in [0.2, 0.25) is 0 Å². The van der Waals surface area contributed by atoms with Crippen molar-refractivity contribution < 1.29 is 9.53 Å². The van der Waals surface area contributed by atoms with Crippen molar-refractivity contribution in [3.8, 4) is 5.75 Å². The molecule has 1 aromatic carbocycles. The molecule has 4 nitrogen and oxygen atoms in total. The Morgan fingerprint density at radius 3 is 2.94 bits per heavy atom. The summed E-state index contributed by atoms with van der Waals surface area (Å²) in [6, 6.07) is 9.58. The number of carbonyl (C=O) groups excluding carboxylic acids is 1. The normalized spacial score (nSPS) is 26.9.